The van der Waals surface area contributed by atoms with Crippen molar-refractivity contribution in [3.05, 3.63) is 73.4 Å². The van der Waals surface area contributed by atoms with Gasteiger partial charge in [0.25, 0.3) is 0 Å². The largest absolute Gasteiger partial charge is 0.353 e. The maximum absolute atomic E-state index is 4.59. The molecule has 6 rings (SSSR count). The normalized spacial score (nSPS) is 11.5. The predicted octanol–water partition coefficient (Wildman–Crippen LogP) is 4.57. The van der Waals surface area contributed by atoms with Crippen LogP contribution in [0.25, 0.3) is 55.6 Å². The van der Waals surface area contributed by atoms with Crippen molar-refractivity contribution in [1.29, 1.82) is 0 Å². The highest BCUT2D eigenvalue weighted by atomic mass is 15.2. The Morgan fingerprint density at radius 3 is 2.60 bits per heavy atom. The number of aryl methyl sites for hydroxylation is 1. The van der Waals surface area contributed by atoms with Gasteiger partial charge in [0.1, 0.15) is 5.69 Å². The van der Waals surface area contributed by atoms with Crippen LogP contribution in [0.2, 0.25) is 0 Å². The van der Waals surface area contributed by atoms with Crippen LogP contribution < -0.4 is 0 Å². The molecule has 5 aromatic heterocycles. The maximum Gasteiger partial charge on any atom is 0.116 e. The van der Waals surface area contributed by atoms with Crippen molar-refractivity contribution >= 4 is 21.8 Å². The van der Waals surface area contributed by atoms with Crippen molar-refractivity contribution < 1.29 is 0 Å². The van der Waals surface area contributed by atoms with Crippen LogP contribution in [0, 0.1) is 0 Å². The van der Waals surface area contributed by atoms with Crippen LogP contribution in [-0.4, -0.2) is 34.9 Å². The molecule has 1 aromatic carbocycles. The van der Waals surface area contributed by atoms with Gasteiger partial charge >= 0.3 is 0 Å². The molecule has 0 amide bonds. The van der Waals surface area contributed by atoms with E-state index in [1.807, 2.05) is 50.0 Å². The molecule has 0 saturated heterocycles. The first kappa shape index (κ1) is 16.7. The lowest BCUT2D eigenvalue weighted by molar-refractivity contribution is 0.768. The smallest absolute Gasteiger partial charge is 0.116 e. The Labute approximate surface area is 171 Å². The third-order valence-corrected chi connectivity index (χ3v) is 5.34. The summed E-state index contributed by atoms with van der Waals surface area (Å²) in [6, 6.07) is 14.3. The number of nitrogens with one attached hydrogen (secondary N) is 2. The average Bonchev–Trinajstić information content (AvgIpc) is 3.50. The summed E-state index contributed by atoms with van der Waals surface area (Å²) in [7, 11) is 1.92. The summed E-state index contributed by atoms with van der Waals surface area (Å²) in [6.45, 7) is 0. The second-order valence-corrected chi connectivity index (χ2v) is 7.28. The summed E-state index contributed by atoms with van der Waals surface area (Å²) in [6.07, 6.45) is 9.29. The van der Waals surface area contributed by atoms with Crippen molar-refractivity contribution in [2.45, 2.75) is 0 Å². The number of fused-ring (bicyclic) bond motifs is 2. The van der Waals surface area contributed by atoms with E-state index in [-0.39, 0.29) is 0 Å². The molecule has 0 bridgehead atoms. The minimum absolute atomic E-state index is 0.879. The number of rotatable bonds is 3. The fourth-order valence-electron chi connectivity index (χ4n) is 3.88. The van der Waals surface area contributed by atoms with E-state index in [0.29, 0.717) is 0 Å². The van der Waals surface area contributed by atoms with Gasteiger partial charge in [-0.1, -0.05) is 6.07 Å². The summed E-state index contributed by atoms with van der Waals surface area (Å²) < 4.78 is 1.81. The first-order chi connectivity index (χ1) is 14.8. The monoisotopic (exact) mass is 391 g/mol. The van der Waals surface area contributed by atoms with E-state index in [9.17, 15) is 0 Å². The number of benzene rings is 1. The molecule has 0 aliphatic heterocycles. The highest BCUT2D eigenvalue weighted by Gasteiger charge is 2.15. The highest BCUT2D eigenvalue weighted by molar-refractivity contribution is 6.00. The maximum atomic E-state index is 4.59. The van der Waals surface area contributed by atoms with E-state index in [1.165, 1.54) is 0 Å². The number of nitrogens with zero attached hydrogens (tertiary/aromatic N) is 5. The molecule has 2 N–H and O–H groups in total. The highest BCUT2D eigenvalue weighted by Crippen LogP contribution is 2.34. The van der Waals surface area contributed by atoms with Gasteiger partial charge in [0.2, 0.25) is 0 Å². The molecule has 7 heteroatoms. The molecule has 144 valence electrons. The molecule has 6 aromatic rings. The number of H-pyrrole nitrogens is 2. The van der Waals surface area contributed by atoms with Gasteiger partial charge in [-0.05, 0) is 42.0 Å². The average molecular weight is 391 g/mol. The van der Waals surface area contributed by atoms with Crippen LogP contribution >= 0.6 is 0 Å². The zero-order valence-corrected chi connectivity index (χ0v) is 16.2. The molecule has 0 fully saturated rings. The summed E-state index contributed by atoms with van der Waals surface area (Å²) in [5, 5.41) is 14.1. The van der Waals surface area contributed by atoms with Crippen molar-refractivity contribution in [2.75, 3.05) is 0 Å². The Balaban J connectivity index is 1.52. The van der Waals surface area contributed by atoms with Crippen LogP contribution in [-0.2, 0) is 7.05 Å². The molecular formula is C23H17N7. The number of pyridine rings is 2. The zero-order chi connectivity index (χ0) is 20.1. The van der Waals surface area contributed by atoms with Crippen molar-refractivity contribution in [1.82, 2.24) is 34.9 Å². The van der Waals surface area contributed by atoms with Crippen LogP contribution in [0.5, 0.6) is 0 Å². The lowest BCUT2D eigenvalue weighted by Gasteiger charge is -2.00. The molecule has 7 nitrogen and oxygen atoms in total. The predicted molar refractivity (Wildman–Crippen MR) is 117 cm³/mol. The number of hydrogen-bond acceptors (Lipinski definition) is 4. The molecule has 5 heterocycles. The molecular weight excluding hydrogens is 374 g/mol. The standard InChI is InChI=1S/C23H17N7/c1-30-13-16(12-26-30)14-4-5-20-17(9-14)23(29-28-20)21-10-18-19(27-21)6-8-25-22(18)15-3-2-7-24-11-15/h2-13,27H,1H3,(H,28,29). The van der Waals surface area contributed by atoms with Gasteiger partial charge < -0.3 is 4.98 Å². The quantitative estimate of drug-likeness (QED) is 0.463. The lowest BCUT2D eigenvalue weighted by Crippen LogP contribution is -1.84. The van der Waals surface area contributed by atoms with E-state index in [2.05, 4.69) is 54.5 Å². The van der Waals surface area contributed by atoms with Crippen LogP contribution in [0.15, 0.2) is 73.4 Å². The summed E-state index contributed by atoms with van der Waals surface area (Å²) in [4.78, 5) is 12.3. The Bertz CT molecular complexity index is 1510. The van der Waals surface area contributed by atoms with Gasteiger partial charge in [-0.3, -0.25) is 19.7 Å². The van der Waals surface area contributed by atoms with Gasteiger partial charge in [-0.15, -0.1) is 0 Å². The summed E-state index contributed by atoms with van der Waals surface area (Å²) >= 11 is 0. The molecule has 30 heavy (non-hydrogen) atoms. The molecule has 0 saturated carbocycles. The number of aromatic amines is 2. The lowest BCUT2D eigenvalue weighted by atomic mass is 10.0. The van der Waals surface area contributed by atoms with E-state index in [4.69, 9.17) is 0 Å². The molecule has 0 aliphatic rings. The summed E-state index contributed by atoms with van der Waals surface area (Å²) in [5.74, 6) is 0. The topological polar surface area (TPSA) is 88.1 Å². The van der Waals surface area contributed by atoms with E-state index < -0.39 is 0 Å². The van der Waals surface area contributed by atoms with Crippen LogP contribution in [0.3, 0.4) is 0 Å². The van der Waals surface area contributed by atoms with Crippen molar-refractivity contribution in [2.24, 2.45) is 7.05 Å². The van der Waals surface area contributed by atoms with Gasteiger partial charge in [0.15, 0.2) is 0 Å². The molecule has 0 atom stereocenters. The molecule has 0 unspecified atom stereocenters. The zero-order valence-electron chi connectivity index (χ0n) is 16.2. The Morgan fingerprint density at radius 2 is 1.77 bits per heavy atom. The Morgan fingerprint density at radius 1 is 0.833 bits per heavy atom. The van der Waals surface area contributed by atoms with Crippen molar-refractivity contribution in [3.63, 3.8) is 0 Å². The van der Waals surface area contributed by atoms with Crippen molar-refractivity contribution in [3.8, 4) is 33.8 Å². The van der Waals surface area contributed by atoms with Gasteiger partial charge in [0, 0.05) is 59.3 Å². The molecule has 0 radical (unpaired) electrons. The first-order valence-electron chi connectivity index (χ1n) is 9.62. The van der Waals surface area contributed by atoms with Crippen LogP contribution in [0.4, 0.5) is 0 Å². The minimum Gasteiger partial charge on any atom is -0.353 e. The first-order valence-corrected chi connectivity index (χ1v) is 9.62. The molecule has 0 spiro atoms. The van der Waals surface area contributed by atoms with Gasteiger partial charge in [-0.25, -0.2) is 0 Å². The Hall–Kier alpha value is -4.26. The number of aromatic nitrogens is 7. The fourth-order valence-corrected chi connectivity index (χ4v) is 3.88. The number of hydrogen-bond donors (Lipinski definition) is 2. The van der Waals surface area contributed by atoms with Crippen LogP contribution in [0.1, 0.15) is 0 Å². The van der Waals surface area contributed by atoms with Gasteiger partial charge in [-0.2, -0.15) is 10.2 Å². The van der Waals surface area contributed by atoms with Gasteiger partial charge in [0.05, 0.1) is 23.1 Å². The van der Waals surface area contributed by atoms with E-state index in [1.54, 1.807) is 10.9 Å². The third kappa shape index (κ3) is 2.60. The summed E-state index contributed by atoms with van der Waals surface area (Å²) in [5.41, 5.74) is 7.89. The Kier molecular flexibility index (Phi) is 3.55. The second-order valence-electron chi connectivity index (χ2n) is 7.28. The van der Waals surface area contributed by atoms with E-state index in [0.717, 1.165) is 55.6 Å². The SMILES string of the molecule is Cn1cc(-c2ccc3[nH]nc(-c4cc5c(-c6cccnc6)nccc5[nH]4)c3c2)cn1. The third-order valence-electron chi connectivity index (χ3n) is 5.34. The second kappa shape index (κ2) is 6.38. The van der Waals surface area contributed by atoms with E-state index >= 15 is 0 Å². The fraction of sp³-hybridized carbons (Fsp3) is 0.0435. The minimum atomic E-state index is 0.879. The molecule has 0 aliphatic carbocycles.